The van der Waals surface area contributed by atoms with E-state index in [1.807, 2.05) is 20.8 Å². The van der Waals surface area contributed by atoms with Gasteiger partial charge in [-0.2, -0.15) is 0 Å². The molecule has 1 N–H and O–H groups in total. The maximum atomic E-state index is 12.9. The molecule has 1 saturated heterocycles. The number of esters is 3. The largest absolute Gasteiger partial charge is 0.476 e. The van der Waals surface area contributed by atoms with Crippen molar-refractivity contribution in [1.82, 2.24) is 0 Å². The molecule has 300 valence electrons. The molecule has 2 aromatic rings. The highest BCUT2D eigenvalue weighted by Crippen LogP contribution is 2.45. The molecule has 2 aliphatic carbocycles. The Morgan fingerprint density at radius 2 is 1.55 bits per heavy atom. The van der Waals surface area contributed by atoms with Gasteiger partial charge in [-0.05, 0) is 139 Å². The van der Waals surface area contributed by atoms with E-state index in [1.165, 1.54) is 5.57 Å². The summed E-state index contributed by atoms with van der Waals surface area (Å²) in [6.45, 7) is 17.2. The van der Waals surface area contributed by atoms with Gasteiger partial charge in [-0.1, -0.05) is 50.6 Å². The second-order valence-corrected chi connectivity index (χ2v) is 17.1. The molecule has 0 bridgehead atoms. The van der Waals surface area contributed by atoms with E-state index in [0.29, 0.717) is 46.1 Å². The number of hydrogen-bond donors (Lipinski definition) is 1. The fraction of sp³-hybridized carbons (Fsp3) is 0.556. The molecule has 1 aliphatic heterocycles. The minimum absolute atomic E-state index is 0.0949. The highest BCUT2D eigenvalue weighted by Gasteiger charge is 2.43. The third-order valence-corrected chi connectivity index (χ3v) is 11.0. The molecule has 9 nitrogen and oxygen atoms in total. The first-order chi connectivity index (χ1) is 25.8. The minimum atomic E-state index is -1.12. The van der Waals surface area contributed by atoms with Crippen molar-refractivity contribution in [2.24, 2.45) is 29.1 Å². The van der Waals surface area contributed by atoms with Crippen molar-refractivity contribution in [1.29, 1.82) is 0 Å². The Kier molecular flexibility index (Phi) is 15.0. The molecule has 2 aromatic carbocycles. The lowest BCUT2D eigenvalue weighted by Crippen LogP contribution is -2.43. The Morgan fingerprint density at radius 1 is 0.927 bits per heavy atom. The average molecular weight is 779 g/mol. The Labute approximate surface area is 331 Å². The SMILES string of the molecule is CC(C)OC(=O)C(C)(C)Oc1ccc(C(=O)c2ccc(Cl)cc2)cc1.CCC(C)(C)C(=O)O[C@H]1C[C@@H](C)C=C2C=C[C@H](C)[C@H](CC[C@@H]3C[C@@H](O)CC(=O)O3)[C@H]21. The fourth-order valence-electron chi connectivity index (χ4n) is 7.21. The topological polar surface area (TPSA) is 125 Å². The number of carbonyl (C=O) groups excluding carboxylic acids is 4. The Hall–Kier alpha value is -3.95. The predicted molar refractivity (Wildman–Crippen MR) is 213 cm³/mol. The number of aliphatic hydroxyl groups excluding tert-OH is 1. The van der Waals surface area contributed by atoms with E-state index in [1.54, 1.807) is 76.2 Å². The zero-order valence-electron chi connectivity index (χ0n) is 33.8. The molecule has 5 rings (SSSR count). The van der Waals surface area contributed by atoms with Gasteiger partial charge in [0, 0.05) is 28.5 Å². The first kappa shape index (κ1) is 43.8. The van der Waals surface area contributed by atoms with E-state index >= 15 is 0 Å². The van der Waals surface area contributed by atoms with Crippen molar-refractivity contribution < 1.29 is 43.2 Å². The Bertz CT molecular complexity index is 1710. The lowest BCUT2D eigenvalue weighted by molar-refractivity contribution is -0.166. The molecule has 0 aromatic heterocycles. The number of cyclic esters (lactones) is 1. The fourth-order valence-corrected chi connectivity index (χ4v) is 7.34. The lowest BCUT2D eigenvalue weighted by Gasteiger charge is -2.44. The van der Waals surface area contributed by atoms with Gasteiger partial charge < -0.3 is 24.1 Å². The highest BCUT2D eigenvalue weighted by molar-refractivity contribution is 6.30. The Morgan fingerprint density at radius 3 is 2.13 bits per heavy atom. The molecule has 0 saturated carbocycles. The van der Waals surface area contributed by atoms with E-state index in [2.05, 4.69) is 32.1 Å². The van der Waals surface area contributed by atoms with E-state index in [9.17, 15) is 24.3 Å². The van der Waals surface area contributed by atoms with Crippen LogP contribution in [0.2, 0.25) is 5.02 Å². The van der Waals surface area contributed by atoms with Crippen molar-refractivity contribution >= 4 is 35.3 Å². The number of fused-ring (bicyclic) bond motifs is 1. The van der Waals surface area contributed by atoms with Crippen LogP contribution in [-0.2, 0) is 28.6 Å². The van der Waals surface area contributed by atoms with Gasteiger partial charge in [-0.3, -0.25) is 14.4 Å². The van der Waals surface area contributed by atoms with Crippen LogP contribution in [0.25, 0.3) is 0 Å². The number of allylic oxidation sites excluding steroid dienone is 3. The summed E-state index contributed by atoms with van der Waals surface area (Å²) in [6, 6.07) is 13.4. The maximum absolute atomic E-state index is 12.9. The van der Waals surface area contributed by atoms with Crippen molar-refractivity contribution in [2.45, 2.75) is 131 Å². The quantitative estimate of drug-likeness (QED) is 0.128. The van der Waals surface area contributed by atoms with Crippen LogP contribution in [0.5, 0.6) is 5.75 Å². The average Bonchev–Trinajstić information content (AvgIpc) is 3.11. The van der Waals surface area contributed by atoms with Crippen LogP contribution in [0.4, 0.5) is 0 Å². The molecular weight excluding hydrogens is 720 g/mol. The van der Waals surface area contributed by atoms with E-state index in [4.69, 9.17) is 30.5 Å². The molecular formula is C45H59ClO9. The number of rotatable bonds is 12. The molecule has 0 unspecified atom stereocenters. The van der Waals surface area contributed by atoms with Gasteiger partial charge in [0.15, 0.2) is 11.4 Å². The molecule has 3 aliphatic rings. The summed E-state index contributed by atoms with van der Waals surface area (Å²) in [7, 11) is 0. The van der Waals surface area contributed by atoms with Gasteiger partial charge >= 0.3 is 17.9 Å². The van der Waals surface area contributed by atoms with E-state index in [-0.39, 0.29) is 48.4 Å². The van der Waals surface area contributed by atoms with Crippen LogP contribution in [0.1, 0.15) is 117 Å². The smallest absolute Gasteiger partial charge is 0.350 e. The van der Waals surface area contributed by atoms with Crippen molar-refractivity contribution in [3.05, 3.63) is 88.5 Å². The van der Waals surface area contributed by atoms with Crippen molar-refractivity contribution in [3.63, 3.8) is 0 Å². The molecule has 55 heavy (non-hydrogen) atoms. The first-order valence-corrected chi connectivity index (χ1v) is 20.0. The summed E-state index contributed by atoms with van der Waals surface area (Å²) < 4.78 is 22.5. The summed E-state index contributed by atoms with van der Waals surface area (Å²) in [5.74, 6) is 0.710. The molecule has 1 fully saturated rings. The van der Waals surface area contributed by atoms with Gasteiger partial charge in [0.05, 0.1) is 24.0 Å². The monoisotopic (exact) mass is 778 g/mol. The summed E-state index contributed by atoms with van der Waals surface area (Å²) in [5, 5.41) is 10.5. The van der Waals surface area contributed by atoms with Gasteiger partial charge in [0.1, 0.15) is 18.0 Å². The van der Waals surface area contributed by atoms with Crippen LogP contribution in [-0.4, -0.2) is 58.8 Å². The molecule has 1 heterocycles. The van der Waals surface area contributed by atoms with Crippen molar-refractivity contribution in [3.8, 4) is 5.75 Å². The summed E-state index contributed by atoms with van der Waals surface area (Å²) in [5.41, 5.74) is 0.745. The van der Waals surface area contributed by atoms with Crippen LogP contribution in [0.3, 0.4) is 0 Å². The van der Waals surface area contributed by atoms with Crippen LogP contribution < -0.4 is 4.74 Å². The number of aliphatic hydroxyl groups is 1. The molecule has 0 radical (unpaired) electrons. The molecule has 0 spiro atoms. The molecule has 0 amide bonds. The van der Waals surface area contributed by atoms with Crippen molar-refractivity contribution in [2.75, 3.05) is 0 Å². The van der Waals surface area contributed by atoms with E-state index in [0.717, 1.165) is 25.7 Å². The second-order valence-electron chi connectivity index (χ2n) is 16.7. The number of halogens is 1. The van der Waals surface area contributed by atoms with E-state index < -0.39 is 23.1 Å². The van der Waals surface area contributed by atoms with Crippen LogP contribution >= 0.6 is 11.6 Å². The summed E-state index contributed by atoms with van der Waals surface area (Å²) in [4.78, 5) is 49.0. The number of ether oxygens (including phenoxy) is 4. The standard InChI is InChI=1S/C25H38O5.C20H21ClO4/c1-6-25(4,5)24(28)30-21-12-15(2)11-17-8-7-16(3)20(23(17)21)10-9-19-13-18(26)14-22(27)29-19;1-13(2)24-19(23)20(3,4)25-17-11-7-15(8-12-17)18(22)14-5-9-16(21)10-6-14/h7-8,11,15-16,18-21,23,26H,6,9-10,12-14H2,1-5H3;5-13H,1-4H3/t15-,16-,18+,19+,20-,21-,23-;/m0./s1. The minimum Gasteiger partial charge on any atom is -0.476 e. The highest BCUT2D eigenvalue weighted by atomic mass is 35.5. The lowest BCUT2D eigenvalue weighted by atomic mass is 9.65. The second kappa shape index (κ2) is 18.8. The van der Waals surface area contributed by atoms with Crippen LogP contribution in [0, 0.1) is 29.1 Å². The number of ketones is 1. The number of carbonyl (C=O) groups is 4. The molecule has 7 atom stereocenters. The maximum Gasteiger partial charge on any atom is 0.350 e. The zero-order valence-corrected chi connectivity index (χ0v) is 34.6. The zero-order chi connectivity index (χ0) is 40.7. The predicted octanol–water partition coefficient (Wildman–Crippen LogP) is 9.27. The third-order valence-electron chi connectivity index (χ3n) is 10.8. The number of benzene rings is 2. The summed E-state index contributed by atoms with van der Waals surface area (Å²) in [6.07, 6.45) is 9.40. The normalized spacial score (nSPS) is 25.1. The van der Waals surface area contributed by atoms with Crippen LogP contribution in [0.15, 0.2) is 72.3 Å². The first-order valence-electron chi connectivity index (χ1n) is 19.6. The third kappa shape index (κ3) is 12.0. The Balaban J connectivity index is 0.000000249. The molecule has 10 heteroatoms. The van der Waals surface area contributed by atoms with Gasteiger partial charge in [0.25, 0.3) is 0 Å². The van der Waals surface area contributed by atoms with Gasteiger partial charge in [-0.15, -0.1) is 0 Å². The van der Waals surface area contributed by atoms with Gasteiger partial charge in [-0.25, -0.2) is 4.79 Å². The summed E-state index contributed by atoms with van der Waals surface area (Å²) >= 11 is 5.84. The number of hydrogen-bond acceptors (Lipinski definition) is 9. The van der Waals surface area contributed by atoms with Gasteiger partial charge in [0.2, 0.25) is 0 Å².